The SMILES string of the molecule is CN(CC1CCCCO1)c1nc(C(C)(C)C)c(CO)s1. The van der Waals surface area contributed by atoms with Crippen molar-refractivity contribution in [2.75, 3.05) is 25.1 Å². The molecule has 1 aliphatic rings. The summed E-state index contributed by atoms with van der Waals surface area (Å²) in [7, 11) is 2.06. The van der Waals surface area contributed by atoms with Gasteiger partial charge in [0.1, 0.15) is 0 Å². The summed E-state index contributed by atoms with van der Waals surface area (Å²) in [4.78, 5) is 7.88. The monoisotopic (exact) mass is 298 g/mol. The lowest BCUT2D eigenvalue weighted by atomic mass is 9.91. The number of rotatable bonds is 4. The van der Waals surface area contributed by atoms with Gasteiger partial charge in [0.05, 0.1) is 23.3 Å². The Morgan fingerprint density at radius 2 is 2.15 bits per heavy atom. The minimum Gasteiger partial charge on any atom is -0.391 e. The Kier molecular flexibility index (Phi) is 5.04. The largest absolute Gasteiger partial charge is 0.391 e. The third kappa shape index (κ3) is 3.71. The third-order valence-electron chi connectivity index (χ3n) is 3.62. The predicted molar refractivity (Wildman–Crippen MR) is 83.6 cm³/mol. The molecule has 0 bridgehead atoms. The van der Waals surface area contributed by atoms with Crippen molar-refractivity contribution < 1.29 is 9.84 Å². The van der Waals surface area contributed by atoms with E-state index in [0.717, 1.165) is 35.3 Å². The summed E-state index contributed by atoms with van der Waals surface area (Å²) in [5, 5.41) is 10.5. The van der Waals surface area contributed by atoms with E-state index < -0.39 is 0 Å². The molecule has 0 spiro atoms. The van der Waals surface area contributed by atoms with Crippen molar-refractivity contribution >= 4 is 16.5 Å². The summed E-state index contributed by atoms with van der Waals surface area (Å²) < 4.78 is 5.79. The molecule has 1 aliphatic heterocycles. The van der Waals surface area contributed by atoms with Crippen LogP contribution in [-0.2, 0) is 16.8 Å². The Bertz CT molecular complexity index is 434. The van der Waals surface area contributed by atoms with E-state index in [1.54, 1.807) is 11.3 Å². The highest BCUT2D eigenvalue weighted by molar-refractivity contribution is 7.15. The van der Waals surface area contributed by atoms with Crippen LogP contribution in [0.2, 0.25) is 0 Å². The van der Waals surface area contributed by atoms with E-state index in [0.29, 0.717) is 6.10 Å². The molecule has 2 rings (SSSR count). The molecule has 0 aliphatic carbocycles. The first-order valence-electron chi connectivity index (χ1n) is 7.35. The summed E-state index contributed by atoms with van der Waals surface area (Å²) in [6, 6.07) is 0. The third-order valence-corrected chi connectivity index (χ3v) is 4.77. The Morgan fingerprint density at radius 3 is 2.65 bits per heavy atom. The molecule has 0 aromatic carbocycles. The van der Waals surface area contributed by atoms with Crippen LogP contribution in [0.25, 0.3) is 0 Å². The van der Waals surface area contributed by atoms with E-state index in [1.165, 1.54) is 12.8 Å². The number of hydrogen-bond acceptors (Lipinski definition) is 5. The van der Waals surface area contributed by atoms with E-state index >= 15 is 0 Å². The molecule has 4 nitrogen and oxygen atoms in total. The van der Waals surface area contributed by atoms with Gasteiger partial charge >= 0.3 is 0 Å². The number of aliphatic hydroxyl groups excluding tert-OH is 1. The summed E-state index contributed by atoms with van der Waals surface area (Å²) in [6.07, 6.45) is 3.88. The number of likely N-dealkylation sites (N-methyl/N-ethyl adjacent to an activating group) is 1. The van der Waals surface area contributed by atoms with Crippen molar-refractivity contribution in [3.8, 4) is 0 Å². The zero-order valence-corrected chi connectivity index (χ0v) is 13.8. The average molecular weight is 298 g/mol. The molecule has 1 fully saturated rings. The fourth-order valence-electron chi connectivity index (χ4n) is 2.53. The summed E-state index contributed by atoms with van der Waals surface area (Å²) in [5.74, 6) is 0. The van der Waals surface area contributed by atoms with Crippen LogP contribution in [0.15, 0.2) is 0 Å². The molecule has 1 atom stereocenters. The standard InChI is InChI=1S/C15H26N2O2S/c1-15(2,3)13-12(10-18)20-14(16-13)17(4)9-11-7-5-6-8-19-11/h11,18H,5-10H2,1-4H3. The molecule has 1 unspecified atom stereocenters. The van der Waals surface area contributed by atoms with Gasteiger partial charge in [0.15, 0.2) is 5.13 Å². The molecule has 2 heterocycles. The maximum atomic E-state index is 9.53. The molecule has 5 heteroatoms. The highest BCUT2D eigenvalue weighted by atomic mass is 32.1. The van der Waals surface area contributed by atoms with Crippen LogP contribution in [-0.4, -0.2) is 36.4 Å². The van der Waals surface area contributed by atoms with Gasteiger partial charge in [-0.2, -0.15) is 0 Å². The molecule has 1 N–H and O–H groups in total. The second-order valence-corrected chi connectivity index (χ2v) is 7.61. The lowest BCUT2D eigenvalue weighted by Crippen LogP contribution is -2.33. The Labute approximate surface area is 125 Å². The van der Waals surface area contributed by atoms with Crippen molar-refractivity contribution in [1.29, 1.82) is 0 Å². The van der Waals surface area contributed by atoms with Crippen molar-refractivity contribution in [2.45, 2.75) is 58.2 Å². The second-order valence-electron chi connectivity index (χ2n) is 6.55. The summed E-state index contributed by atoms with van der Waals surface area (Å²) >= 11 is 1.59. The maximum absolute atomic E-state index is 9.53. The number of aliphatic hydroxyl groups is 1. The molecule has 114 valence electrons. The van der Waals surface area contributed by atoms with Gasteiger partial charge in [-0.25, -0.2) is 4.98 Å². The average Bonchev–Trinajstić information content (AvgIpc) is 2.84. The smallest absolute Gasteiger partial charge is 0.185 e. The molecule has 0 amide bonds. The maximum Gasteiger partial charge on any atom is 0.185 e. The van der Waals surface area contributed by atoms with Crippen LogP contribution < -0.4 is 4.90 Å². The van der Waals surface area contributed by atoms with E-state index in [1.807, 2.05) is 0 Å². The van der Waals surface area contributed by atoms with Crippen LogP contribution >= 0.6 is 11.3 Å². The molecule has 1 aromatic rings. The van der Waals surface area contributed by atoms with E-state index in [-0.39, 0.29) is 12.0 Å². The molecule has 0 saturated carbocycles. The predicted octanol–water partition coefficient (Wildman–Crippen LogP) is 2.94. The quantitative estimate of drug-likeness (QED) is 0.928. The first-order valence-corrected chi connectivity index (χ1v) is 8.17. The van der Waals surface area contributed by atoms with Crippen LogP contribution in [0.3, 0.4) is 0 Å². The Balaban J connectivity index is 2.09. The van der Waals surface area contributed by atoms with E-state index in [2.05, 4.69) is 32.7 Å². The van der Waals surface area contributed by atoms with Crippen LogP contribution in [0.5, 0.6) is 0 Å². The van der Waals surface area contributed by atoms with Gasteiger partial charge in [-0.1, -0.05) is 32.1 Å². The minimum atomic E-state index is -0.0327. The normalized spacial score (nSPS) is 20.1. The first kappa shape index (κ1) is 15.7. The van der Waals surface area contributed by atoms with Gasteiger partial charge < -0.3 is 14.7 Å². The molecule has 0 radical (unpaired) electrons. The molecular formula is C15H26N2O2S. The Morgan fingerprint density at radius 1 is 1.40 bits per heavy atom. The molecule has 20 heavy (non-hydrogen) atoms. The zero-order chi connectivity index (χ0) is 14.8. The highest BCUT2D eigenvalue weighted by Crippen LogP contribution is 2.33. The fourth-order valence-corrected chi connectivity index (χ4v) is 3.63. The minimum absolute atomic E-state index is 0.0327. The number of ether oxygens (including phenoxy) is 1. The molecular weight excluding hydrogens is 272 g/mol. The zero-order valence-electron chi connectivity index (χ0n) is 13.0. The summed E-state index contributed by atoms with van der Waals surface area (Å²) in [5.41, 5.74) is 0.978. The van der Waals surface area contributed by atoms with Gasteiger partial charge in [-0.3, -0.25) is 0 Å². The molecule has 1 aromatic heterocycles. The van der Waals surface area contributed by atoms with Crippen molar-refractivity contribution in [2.24, 2.45) is 0 Å². The van der Waals surface area contributed by atoms with Crippen LogP contribution in [0, 0.1) is 0 Å². The summed E-state index contributed by atoms with van der Waals surface area (Å²) in [6.45, 7) is 8.23. The fraction of sp³-hybridized carbons (Fsp3) is 0.800. The van der Waals surface area contributed by atoms with Crippen LogP contribution in [0.1, 0.15) is 50.6 Å². The number of nitrogens with zero attached hydrogens (tertiary/aromatic N) is 2. The number of hydrogen-bond donors (Lipinski definition) is 1. The van der Waals surface area contributed by atoms with E-state index in [4.69, 9.17) is 9.72 Å². The van der Waals surface area contributed by atoms with Gasteiger partial charge in [0.25, 0.3) is 0 Å². The van der Waals surface area contributed by atoms with Gasteiger partial charge in [0.2, 0.25) is 0 Å². The lowest BCUT2D eigenvalue weighted by molar-refractivity contribution is 0.0216. The first-order chi connectivity index (χ1) is 9.41. The van der Waals surface area contributed by atoms with Gasteiger partial charge in [-0.15, -0.1) is 0 Å². The molecule has 1 saturated heterocycles. The lowest BCUT2D eigenvalue weighted by Gasteiger charge is -2.27. The van der Waals surface area contributed by atoms with Gasteiger partial charge in [-0.05, 0) is 19.3 Å². The number of anilines is 1. The van der Waals surface area contributed by atoms with Crippen molar-refractivity contribution in [1.82, 2.24) is 4.98 Å². The Hall–Kier alpha value is -0.650. The van der Waals surface area contributed by atoms with Crippen molar-refractivity contribution in [3.63, 3.8) is 0 Å². The topological polar surface area (TPSA) is 45.6 Å². The number of aromatic nitrogens is 1. The van der Waals surface area contributed by atoms with Crippen LogP contribution in [0.4, 0.5) is 5.13 Å². The highest BCUT2D eigenvalue weighted by Gasteiger charge is 2.25. The van der Waals surface area contributed by atoms with Gasteiger partial charge in [0, 0.05) is 25.6 Å². The number of thiazole rings is 1. The van der Waals surface area contributed by atoms with E-state index in [9.17, 15) is 5.11 Å². The van der Waals surface area contributed by atoms with Crippen molar-refractivity contribution in [3.05, 3.63) is 10.6 Å². The second kappa shape index (κ2) is 6.41.